The molecule has 0 aliphatic carbocycles. The first-order chi connectivity index (χ1) is 8.79. The van der Waals surface area contributed by atoms with Gasteiger partial charge in [-0.1, -0.05) is 67.8 Å². The van der Waals surface area contributed by atoms with Crippen LogP contribution in [0.5, 0.6) is 0 Å². The average Bonchev–Trinajstić information content (AvgIpc) is 2.45. The Morgan fingerprint density at radius 2 is 1.50 bits per heavy atom. The van der Waals surface area contributed by atoms with E-state index in [1.807, 2.05) is 0 Å². The van der Waals surface area contributed by atoms with E-state index in [-0.39, 0.29) is 0 Å². The van der Waals surface area contributed by atoms with Crippen LogP contribution in [0, 0.1) is 0 Å². The third kappa shape index (κ3) is 1.63. The van der Waals surface area contributed by atoms with Crippen LogP contribution in [-0.4, -0.2) is 0 Å². The molecule has 0 radical (unpaired) electrons. The zero-order chi connectivity index (χ0) is 12.5. The van der Waals surface area contributed by atoms with E-state index in [9.17, 15) is 0 Å². The Morgan fingerprint density at radius 1 is 0.833 bits per heavy atom. The van der Waals surface area contributed by atoms with Gasteiger partial charge in [-0.15, -0.1) is 0 Å². The second-order valence-corrected chi connectivity index (χ2v) is 4.45. The van der Waals surface area contributed by atoms with Crippen LogP contribution in [0.3, 0.4) is 0 Å². The van der Waals surface area contributed by atoms with E-state index in [1.54, 1.807) is 6.08 Å². The average molecular weight is 230 g/mol. The standard InChI is InChI=1S/C18H14/c1-3-13(2)16-11-10-15-9-8-14-6-4-5-7-17(14)18(15)12-16/h3-12H,1-2H2. The minimum atomic E-state index is 0.963. The Bertz CT molecular complexity index is 763. The number of fused-ring (bicyclic) bond motifs is 3. The van der Waals surface area contributed by atoms with Crippen LogP contribution < -0.4 is 0 Å². The predicted molar refractivity (Wildman–Crippen MR) is 80.7 cm³/mol. The van der Waals surface area contributed by atoms with E-state index in [0.717, 1.165) is 11.1 Å². The lowest BCUT2D eigenvalue weighted by Gasteiger charge is -2.07. The van der Waals surface area contributed by atoms with E-state index in [0.29, 0.717) is 0 Å². The molecule has 0 aliphatic heterocycles. The van der Waals surface area contributed by atoms with Gasteiger partial charge in [0.1, 0.15) is 0 Å². The van der Waals surface area contributed by atoms with Gasteiger partial charge >= 0.3 is 0 Å². The van der Waals surface area contributed by atoms with Gasteiger partial charge in [0.2, 0.25) is 0 Å². The van der Waals surface area contributed by atoms with Gasteiger partial charge in [0.15, 0.2) is 0 Å². The lowest BCUT2D eigenvalue weighted by atomic mass is 9.98. The molecule has 18 heavy (non-hydrogen) atoms. The second-order valence-electron chi connectivity index (χ2n) is 4.45. The summed E-state index contributed by atoms with van der Waals surface area (Å²) in [5, 5.41) is 5.09. The van der Waals surface area contributed by atoms with Crippen LogP contribution in [0.2, 0.25) is 0 Å². The molecule has 0 aromatic heterocycles. The number of rotatable bonds is 2. The van der Waals surface area contributed by atoms with Crippen LogP contribution in [-0.2, 0) is 0 Å². The third-order valence-corrected chi connectivity index (χ3v) is 3.36. The van der Waals surface area contributed by atoms with Gasteiger partial charge in [-0.2, -0.15) is 0 Å². The Kier molecular flexibility index (Phi) is 2.49. The van der Waals surface area contributed by atoms with Crippen molar-refractivity contribution in [1.82, 2.24) is 0 Å². The summed E-state index contributed by atoms with van der Waals surface area (Å²) in [5.41, 5.74) is 2.10. The quantitative estimate of drug-likeness (QED) is 0.419. The second kappa shape index (κ2) is 4.15. The Morgan fingerprint density at radius 3 is 2.28 bits per heavy atom. The highest BCUT2D eigenvalue weighted by Crippen LogP contribution is 2.28. The molecule has 0 atom stereocenters. The maximum Gasteiger partial charge on any atom is -0.00992 e. The van der Waals surface area contributed by atoms with Crippen molar-refractivity contribution in [3.05, 3.63) is 79.4 Å². The van der Waals surface area contributed by atoms with Crippen molar-refractivity contribution in [1.29, 1.82) is 0 Å². The van der Waals surface area contributed by atoms with E-state index in [4.69, 9.17) is 0 Å². The molecule has 3 aromatic carbocycles. The summed E-state index contributed by atoms with van der Waals surface area (Å²) in [7, 11) is 0. The molecule has 0 N–H and O–H groups in total. The van der Waals surface area contributed by atoms with Gasteiger partial charge in [0.25, 0.3) is 0 Å². The molecule has 0 unspecified atom stereocenters. The van der Waals surface area contributed by atoms with Crippen molar-refractivity contribution in [2.24, 2.45) is 0 Å². The molecule has 0 saturated carbocycles. The molecule has 0 nitrogen and oxygen atoms in total. The lowest BCUT2D eigenvalue weighted by Crippen LogP contribution is -1.82. The molecular weight excluding hydrogens is 216 g/mol. The van der Waals surface area contributed by atoms with Gasteiger partial charge in [-0.25, -0.2) is 0 Å². The molecule has 3 aromatic rings. The zero-order valence-electron chi connectivity index (χ0n) is 10.2. The molecule has 0 saturated heterocycles. The smallest absolute Gasteiger partial charge is 0.00992 e. The SMILES string of the molecule is C=CC(=C)c1ccc2ccc3ccccc3c2c1. The maximum atomic E-state index is 4.01. The number of allylic oxidation sites excluding steroid dienone is 2. The van der Waals surface area contributed by atoms with Crippen LogP contribution in [0.15, 0.2) is 73.8 Å². The first-order valence-electron chi connectivity index (χ1n) is 6.03. The fourth-order valence-electron chi connectivity index (χ4n) is 2.32. The van der Waals surface area contributed by atoms with Crippen molar-refractivity contribution in [2.45, 2.75) is 0 Å². The lowest BCUT2D eigenvalue weighted by molar-refractivity contribution is 1.69. The number of hydrogen-bond donors (Lipinski definition) is 0. The van der Waals surface area contributed by atoms with Crippen LogP contribution in [0.25, 0.3) is 27.1 Å². The summed E-state index contributed by atoms with van der Waals surface area (Å²) >= 11 is 0. The van der Waals surface area contributed by atoms with Crippen molar-refractivity contribution in [2.75, 3.05) is 0 Å². The highest BCUT2D eigenvalue weighted by molar-refractivity contribution is 6.08. The van der Waals surface area contributed by atoms with Gasteiger partial charge in [-0.05, 0) is 38.7 Å². The van der Waals surface area contributed by atoms with E-state index in [2.05, 4.69) is 67.8 Å². The summed E-state index contributed by atoms with van der Waals surface area (Å²) in [6.45, 7) is 7.79. The van der Waals surface area contributed by atoms with E-state index >= 15 is 0 Å². The van der Waals surface area contributed by atoms with Gasteiger partial charge < -0.3 is 0 Å². The number of hydrogen-bond acceptors (Lipinski definition) is 0. The van der Waals surface area contributed by atoms with Crippen LogP contribution in [0.1, 0.15) is 5.56 Å². The van der Waals surface area contributed by atoms with E-state index in [1.165, 1.54) is 21.5 Å². The third-order valence-electron chi connectivity index (χ3n) is 3.36. The summed E-state index contributed by atoms with van der Waals surface area (Å²) in [5.74, 6) is 0. The molecular formula is C18H14. The summed E-state index contributed by atoms with van der Waals surface area (Å²) in [6, 6.07) is 19.2. The topological polar surface area (TPSA) is 0 Å². The van der Waals surface area contributed by atoms with Crippen LogP contribution >= 0.6 is 0 Å². The largest absolute Gasteiger partial charge is 0.0985 e. The van der Waals surface area contributed by atoms with Gasteiger partial charge in [0.05, 0.1) is 0 Å². The van der Waals surface area contributed by atoms with Crippen molar-refractivity contribution < 1.29 is 0 Å². The fraction of sp³-hybridized carbons (Fsp3) is 0. The maximum absolute atomic E-state index is 4.01. The Hall–Kier alpha value is -2.34. The monoisotopic (exact) mass is 230 g/mol. The minimum absolute atomic E-state index is 0.963. The molecule has 86 valence electrons. The highest BCUT2D eigenvalue weighted by Gasteiger charge is 2.02. The van der Waals surface area contributed by atoms with E-state index < -0.39 is 0 Å². The zero-order valence-corrected chi connectivity index (χ0v) is 10.2. The molecule has 0 heterocycles. The van der Waals surface area contributed by atoms with Crippen molar-refractivity contribution in [3.63, 3.8) is 0 Å². The molecule has 0 bridgehead atoms. The first-order valence-corrected chi connectivity index (χ1v) is 6.03. The van der Waals surface area contributed by atoms with Crippen molar-refractivity contribution in [3.8, 4) is 0 Å². The van der Waals surface area contributed by atoms with Gasteiger partial charge in [-0.3, -0.25) is 0 Å². The summed E-state index contributed by atoms with van der Waals surface area (Å²) in [6.07, 6.45) is 1.80. The Labute approximate surface area is 107 Å². The molecule has 0 fully saturated rings. The molecule has 0 spiro atoms. The number of benzene rings is 3. The molecule has 3 rings (SSSR count). The molecule has 0 heteroatoms. The summed E-state index contributed by atoms with van der Waals surface area (Å²) < 4.78 is 0. The minimum Gasteiger partial charge on any atom is -0.0985 e. The van der Waals surface area contributed by atoms with Crippen molar-refractivity contribution >= 4 is 27.1 Å². The van der Waals surface area contributed by atoms with Gasteiger partial charge in [0, 0.05) is 0 Å². The van der Waals surface area contributed by atoms with Crippen LogP contribution in [0.4, 0.5) is 0 Å². The normalized spacial score (nSPS) is 10.7. The predicted octanol–water partition coefficient (Wildman–Crippen LogP) is 5.19. The first kappa shape index (κ1) is 10.8. The Balaban J connectivity index is 2.40. The molecule has 0 amide bonds. The highest BCUT2D eigenvalue weighted by atomic mass is 14.1. The fourth-order valence-corrected chi connectivity index (χ4v) is 2.32. The molecule has 0 aliphatic rings. The summed E-state index contributed by atoms with van der Waals surface area (Å²) in [4.78, 5) is 0.